The molecule has 9 heteroatoms. The summed E-state index contributed by atoms with van der Waals surface area (Å²) in [5.74, 6) is -0.785. The van der Waals surface area contributed by atoms with Crippen LogP contribution in [0.2, 0.25) is 5.02 Å². The molecule has 1 heterocycles. The van der Waals surface area contributed by atoms with Crippen molar-refractivity contribution in [3.63, 3.8) is 0 Å². The number of aliphatic hydroxyl groups is 2. The van der Waals surface area contributed by atoms with Crippen LogP contribution in [0.15, 0.2) is 78.4 Å². The van der Waals surface area contributed by atoms with Crippen LogP contribution in [-0.2, 0) is 20.9 Å². The van der Waals surface area contributed by atoms with E-state index in [2.05, 4.69) is 0 Å². The number of carbonyl (C=O) groups excluding carboxylic acids is 2. The van der Waals surface area contributed by atoms with Gasteiger partial charge in [0, 0.05) is 22.7 Å². The highest BCUT2D eigenvalue weighted by Crippen LogP contribution is 2.40. The van der Waals surface area contributed by atoms with Gasteiger partial charge in [-0.25, -0.2) is 0 Å². The zero-order valence-corrected chi connectivity index (χ0v) is 21.6. The standard InChI is InChI=1S/C29H28ClNO7/c1-36-22-11-9-19(10-12-22)26-25(28(34)29(35)31(26)13-15-37-16-14-32)27(33)20-6-4-7-23(17-20)38-18-21-5-2-3-8-24(21)30/h2-12,17,26,32-33H,13-16,18H2,1H3/b27-25+. The van der Waals surface area contributed by atoms with Gasteiger partial charge in [-0.15, -0.1) is 0 Å². The molecular formula is C29H28ClNO7. The third-order valence-corrected chi connectivity index (χ3v) is 6.51. The maximum atomic E-state index is 13.2. The Morgan fingerprint density at radius 1 is 0.974 bits per heavy atom. The molecule has 0 aliphatic carbocycles. The van der Waals surface area contributed by atoms with Crippen LogP contribution in [0.3, 0.4) is 0 Å². The molecule has 198 valence electrons. The summed E-state index contributed by atoms with van der Waals surface area (Å²) in [6.07, 6.45) is 0. The topological polar surface area (TPSA) is 106 Å². The highest BCUT2D eigenvalue weighted by atomic mass is 35.5. The first-order valence-electron chi connectivity index (χ1n) is 12.0. The number of rotatable bonds is 11. The Morgan fingerprint density at radius 2 is 1.74 bits per heavy atom. The number of likely N-dealkylation sites (tertiary alicyclic amines) is 1. The maximum Gasteiger partial charge on any atom is 0.295 e. The average molecular weight is 538 g/mol. The Kier molecular flexibility index (Phi) is 9.02. The molecule has 4 rings (SSSR count). The average Bonchev–Trinajstić information content (AvgIpc) is 3.19. The van der Waals surface area contributed by atoms with E-state index in [-0.39, 0.29) is 44.3 Å². The van der Waals surface area contributed by atoms with Crippen molar-refractivity contribution in [2.45, 2.75) is 12.6 Å². The number of carbonyl (C=O) groups is 2. The first kappa shape index (κ1) is 27.2. The van der Waals surface area contributed by atoms with E-state index in [1.54, 1.807) is 61.7 Å². The van der Waals surface area contributed by atoms with E-state index >= 15 is 0 Å². The van der Waals surface area contributed by atoms with Crippen molar-refractivity contribution < 1.29 is 34.0 Å². The number of benzene rings is 3. The largest absolute Gasteiger partial charge is 0.507 e. The van der Waals surface area contributed by atoms with E-state index in [4.69, 9.17) is 30.9 Å². The Morgan fingerprint density at radius 3 is 2.45 bits per heavy atom. The van der Waals surface area contributed by atoms with Gasteiger partial charge in [0.15, 0.2) is 0 Å². The van der Waals surface area contributed by atoms with Gasteiger partial charge in [-0.05, 0) is 35.9 Å². The fourth-order valence-corrected chi connectivity index (χ4v) is 4.43. The van der Waals surface area contributed by atoms with E-state index in [0.717, 1.165) is 5.56 Å². The van der Waals surface area contributed by atoms with E-state index in [9.17, 15) is 14.7 Å². The van der Waals surface area contributed by atoms with Crippen LogP contribution in [0.1, 0.15) is 22.7 Å². The third kappa shape index (κ3) is 5.99. The number of Topliss-reactive ketones (excluding diaryl/α,β-unsaturated/α-hetero) is 1. The molecular weight excluding hydrogens is 510 g/mol. The predicted molar refractivity (Wildman–Crippen MR) is 142 cm³/mol. The van der Waals surface area contributed by atoms with E-state index < -0.39 is 17.7 Å². The van der Waals surface area contributed by atoms with Crippen LogP contribution in [0.5, 0.6) is 11.5 Å². The summed E-state index contributed by atoms with van der Waals surface area (Å²) in [6, 6.07) is 20.1. The van der Waals surface area contributed by atoms with Crippen molar-refractivity contribution in [1.29, 1.82) is 0 Å². The molecule has 8 nitrogen and oxygen atoms in total. The first-order valence-corrected chi connectivity index (χ1v) is 12.4. The number of methoxy groups -OCH3 is 1. The number of hydrogen-bond donors (Lipinski definition) is 2. The van der Waals surface area contributed by atoms with Crippen LogP contribution in [0.4, 0.5) is 0 Å². The lowest BCUT2D eigenvalue weighted by atomic mass is 9.95. The van der Waals surface area contributed by atoms with Crippen molar-refractivity contribution >= 4 is 29.1 Å². The number of ketones is 1. The van der Waals surface area contributed by atoms with Crippen LogP contribution in [0, 0.1) is 0 Å². The molecule has 2 N–H and O–H groups in total. The van der Waals surface area contributed by atoms with Gasteiger partial charge in [-0.3, -0.25) is 9.59 Å². The highest BCUT2D eigenvalue weighted by Gasteiger charge is 2.45. The van der Waals surface area contributed by atoms with Crippen molar-refractivity contribution in [2.75, 3.05) is 33.5 Å². The summed E-state index contributed by atoms with van der Waals surface area (Å²) in [5.41, 5.74) is 1.72. The minimum atomic E-state index is -0.841. The molecule has 0 radical (unpaired) electrons. The van der Waals surface area contributed by atoms with Gasteiger partial charge in [-0.2, -0.15) is 0 Å². The molecule has 1 aliphatic heterocycles. The summed E-state index contributed by atoms with van der Waals surface area (Å²) in [4.78, 5) is 27.6. The normalized spacial score (nSPS) is 16.6. The summed E-state index contributed by atoms with van der Waals surface area (Å²) in [5, 5.41) is 20.9. The molecule has 38 heavy (non-hydrogen) atoms. The number of hydrogen-bond acceptors (Lipinski definition) is 7. The summed E-state index contributed by atoms with van der Waals surface area (Å²) < 4.78 is 16.5. The highest BCUT2D eigenvalue weighted by molar-refractivity contribution is 6.46. The molecule has 1 atom stereocenters. The zero-order valence-electron chi connectivity index (χ0n) is 20.8. The van der Waals surface area contributed by atoms with Gasteiger partial charge in [0.2, 0.25) is 0 Å². The lowest BCUT2D eigenvalue weighted by Gasteiger charge is -2.25. The SMILES string of the molecule is COc1ccc(C2/C(=C(\O)c3cccc(OCc4ccccc4Cl)c3)C(=O)C(=O)N2CCOCCO)cc1. The lowest BCUT2D eigenvalue weighted by Crippen LogP contribution is -2.33. The Balaban J connectivity index is 1.68. The van der Waals surface area contributed by atoms with Crippen molar-refractivity contribution in [3.8, 4) is 11.5 Å². The Labute approximate surface area is 225 Å². The van der Waals surface area contributed by atoms with Crippen LogP contribution < -0.4 is 9.47 Å². The smallest absolute Gasteiger partial charge is 0.295 e. The molecule has 1 saturated heterocycles. The molecule has 0 spiro atoms. The number of amides is 1. The summed E-state index contributed by atoms with van der Waals surface area (Å²) in [6.45, 7) is 0.381. The van der Waals surface area contributed by atoms with Gasteiger partial charge < -0.3 is 29.3 Å². The predicted octanol–water partition coefficient (Wildman–Crippen LogP) is 4.36. The second-order valence-corrected chi connectivity index (χ2v) is 8.92. The molecule has 1 unspecified atom stereocenters. The molecule has 1 aliphatic rings. The van der Waals surface area contributed by atoms with Gasteiger partial charge >= 0.3 is 0 Å². The fourth-order valence-electron chi connectivity index (χ4n) is 4.24. The fraction of sp³-hybridized carbons (Fsp3) is 0.241. The van der Waals surface area contributed by atoms with E-state index in [1.165, 1.54) is 4.90 Å². The second kappa shape index (κ2) is 12.6. The minimum absolute atomic E-state index is 0.0365. The van der Waals surface area contributed by atoms with Gasteiger partial charge in [0.1, 0.15) is 23.9 Å². The van der Waals surface area contributed by atoms with Crippen LogP contribution >= 0.6 is 11.6 Å². The van der Waals surface area contributed by atoms with Crippen LogP contribution in [-0.4, -0.2) is 60.3 Å². The monoisotopic (exact) mass is 537 g/mol. The van der Waals surface area contributed by atoms with E-state index in [0.29, 0.717) is 27.6 Å². The summed E-state index contributed by atoms with van der Waals surface area (Å²) in [7, 11) is 1.54. The van der Waals surface area contributed by atoms with Crippen molar-refractivity contribution in [3.05, 3.63) is 100 Å². The molecule has 0 bridgehead atoms. The van der Waals surface area contributed by atoms with Gasteiger partial charge in [0.05, 0.1) is 38.5 Å². The molecule has 0 saturated carbocycles. The molecule has 3 aromatic carbocycles. The number of halogens is 1. The van der Waals surface area contributed by atoms with Gasteiger partial charge in [0.25, 0.3) is 11.7 Å². The molecule has 0 aromatic heterocycles. The number of nitrogens with zero attached hydrogens (tertiary/aromatic N) is 1. The Bertz CT molecular complexity index is 1320. The quantitative estimate of drug-likeness (QED) is 0.162. The maximum absolute atomic E-state index is 13.2. The Hall–Kier alpha value is -3.85. The van der Waals surface area contributed by atoms with E-state index in [1.807, 2.05) is 18.2 Å². The number of ether oxygens (including phenoxy) is 3. The number of aliphatic hydroxyl groups excluding tert-OH is 2. The van der Waals surface area contributed by atoms with Crippen molar-refractivity contribution in [1.82, 2.24) is 4.90 Å². The minimum Gasteiger partial charge on any atom is -0.507 e. The summed E-state index contributed by atoms with van der Waals surface area (Å²) >= 11 is 6.22. The zero-order chi connectivity index (χ0) is 27.1. The molecule has 1 fully saturated rings. The van der Waals surface area contributed by atoms with Crippen LogP contribution in [0.25, 0.3) is 5.76 Å². The van der Waals surface area contributed by atoms with Gasteiger partial charge in [-0.1, -0.05) is 54.1 Å². The lowest BCUT2D eigenvalue weighted by molar-refractivity contribution is -0.140. The third-order valence-electron chi connectivity index (χ3n) is 6.14. The van der Waals surface area contributed by atoms with Crippen molar-refractivity contribution in [2.24, 2.45) is 0 Å². The molecule has 1 amide bonds. The first-order chi connectivity index (χ1) is 18.4. The second-order valence-electron chi connectivity index (χ2n) is 8.51. The molecule has 3 aromatic rings.